The van der Waals surface area contributed by atoms with Gasteiger partial charge < -0.3 is 4.74 Å². The normalized spacial score (nSPS) is 11.4. The first-order valence-electron chi connectivity index (χ1n) is 4.48. The van der Waals surface area contributed by atoms with E-state index in [1.807, 2.05) is 24.3 Å². The molecule has 0 aliphatic heterocycles. The fourth-order valence-electron chi connectivity index (χ4n) is 0.894. The number of hydrogen-bond donors (Lipinski definition) is 0. The molecule has 0 fully saturated rings. The molecule has 1 aromatic carbocycles. The molecule has 0 bridgehead atoms. The Bertz CT molecular complexity index is 264. The minimum Gasteiger partial charge on any atom is -0.488 e. The summed E-state index contributed by atoms with van der Waals surface area (Å²) < 4.78 is 5.75. The summed E-state index contributed by atoms with van der Waals surface area (Å²) >= 11 is 5.76. The van der Waals surface area contributed by atoms with Crippen molar-refractivity contribution in [2.75, 3.05) is 0 Å². The van der Waals surface area contributed by atoms with E-state index in [-0.39, 0.29) is 5.60 Å². The van der Waals surface area contributed by atoms with E-state index >= 15 is 0 Å². The second kappa shape index (κ2) is 4.01. The highest BCUT2D eigenvalue weighted by atomic mass is 35.5. The van der Waals surface area contributed by atoms with Crippen LogP contribution in [0.2, 0.25) is 5.02 Å². The second-order valence-electron chi connectivity index (χ2n) is 3.67. The lowest BCUT2D eigenvalue weighted by atomic mass is 10.1. The molecule has 0 unspecified atom stereocenters. The van der Waals surface area contributed by atoms with Gasteiger partial charge in [0.25, 0.3) is 0 Å². The molecule has 72 valence electrons. The predicted octanol–water partition coefficient (Wildman–Crippen LogP) is 3.91. The molecule has 0 spiro atoms. The summed E-state index contributed by atoms with van der Waals surface area (Å²) in [6.07, 6.45) is 0.982. The number of benzene rings is 1. The van der Waals surface area contributed by atoms with Gasteiger partial charge in [0.2, 0.25) is 0 Å². The maximum absolute atomic E-state index is 5.76. The van der Waals surface area contributed by atoms with E-state index in [1.165, 1.54) is 0 Å². The van der Waals surface area contributed by atoms with E-state index in [0.29, 0.717) is 0 Å². The Kier molecular flexibility index (Phi) is 3.21. The minimum absolute atomic E-state index is 0.103. The molecular formula is C11H15ClO. The zero-order valence-electron chi connectivity index (χ0n) is 8.30. The molecule has 0 aliphatic rings. The van der Waals surface area contributed by atoms with Crippen molar-refractivity contribution in [2.45, 2.75) is 32.8 Å². The fourth-order valence-corrected chi connectivity index (χ4v) is 1.02. The monoisotopic (exact) mass is 198 g/mol. The zero-order valence-corrected chi connectivity index (χ0v) is 9.06. The fraction of sp³-hybridized carbons (Fsp3) is 0.455. The van der Waals surface area contributed by atoms with Crippen molar-refractivity contribution in [3.8, 4) is 5.75 Å². The van der Waals surface area contributed by atoms with Crippen LogP contribution < -0.4 is 4.74 Å². The quantitative estimate of drug-likeness (QED) is 0.716. The summed E-state index contributed by atoms with van der Waals surface area (Å²) in [5, 5.41) is 0.738. The maximum Gasteiger partial charge on any atom is 0.120 e. The van der Waals surface area contributed by atoms with Gasteiger partial charge in [0.05, 0.1) is 0 Å². The molecule has 0 saturated heterocycles. The Hall–Kier alpha value is -0.690. The van der Waals surface area contributed by atoms with Crippen LogP contribution in [0.25, 0.3) is 0 Å². The standard InChI is InChI=1S/C11H15ClO/c1-4-11(2,3)13-10-7-5-9(12)6-8-10/h5-8H,4H2,1-3H3. The van der Waals surface area contributed by atoms with E-state index < -0.39 is 0 Å². The second-order valence-corrected chi connectivity index (χ2v) is 4.11. The summed E-state index contributed by atoms with van der Waals surface area (Å²) in [7, 11) is 0. The SMILES string of the molecule is CCC(C)(C)Oc1ccc(Cl)cc1. The topological polar surface area (TPSA) is 9.23 Å². The maximum atomic E-state index is 5.76. The third-order valence-corrected chi connectivity index (χ3v) is 2.31. The van der Waals surface area contributed by atoms with Crippen molar-refractivity contribution in [1.82, 2.24) is 0 Å². The summed E-state index contributed by atoms with van der Waals surface area (Å²) in [4.78, 5) is 0. The van der Waals surface area contributed by atoms with Crippen LogP contribution in [0.15, 0.2) is 24.3 Å². The number of ether oxygens (including phenoxy) is 1. The zero-order chi connectivity index (χ0) is 9.90. The van der Waals surface area contributed by atoms with Crippen LogP contribution in [0.5, 0.6) is 5.75 Å². The van der Waals surface area contributed by atoms with Crippen LogP contribution >= 0.6 is 11.6 Å². The Morgan fingerprint density at radius 2 is 1.77 bits per heavy atom. The molecule has 2 heteroatoms. The molecule has 0 heterocycles. The van der Waals surface area contributed by atoms with Crippen molar-refractivity contribution < 1.29 is 4.74 Å². The highest BCUT2D eigenvalue weighted by Gasteiger charge is 2.16. The number of hydrogen-bond acceptors (Lipinski definition) is 1. The number of rotatable bonds is 3. The smallest absolute Gasteiger partial charge is 0.120 e. The molecule has 0 radical (unpaired) electrons. The van der Waals surface area contributed by atoms with Gasteiger partial charge >= 0.3 is 0 Å². The van der Waals surface area contributed by atoms with Gasteiger partial charge in [0.15, 0.2) is 0 Å². The van der Waals surface area contributed by atoms with E-state index in [4.69, 9.17) is 16.3 Å². The predicted molar refractivity (Wildman–Crippen MR) is 56.5 cm³/mol. The van der Waals surface area contributed by atoms with Crippen LogP contribution in [0.1, 0.15) is 27.2 Å². The molecular weight excluding hydrogens is 184 g/mol. The Morgan fingerprint density at radius 3 is 2.23 bits per heavy atom. The molecule has 1 rings (SSSR count). The lowest BCUT2D eigenvalue weighted by molar-refractivity contribution is 0.105. The van der Waals surface area contributed by atoms with Crippen LogP contribution in [0.4, 0.5) is 0 Å². The molecule has 0 aromatic heterocycles. The van der Waals surface area contributed by atoms with Crippen molar-refractivity contribution >= 4 is 11.6 Å². The van der Waals surface area contributed by atoms with Crippen molar-refractivity contribution in [3.63, 3.8) is 0 Å². The van der Waals surface area contributed by atoms with Gasteiger partial charge in [-0.25, -0.2) is 0 Å². The first-order chi connectivity index (χ1) is 6.03. The van der Waals surface area contributed by atoms with Crippen molar-refractivity contribution in [2.24, 2.45) is 0 Å². The van der Waals surface area contributed by atoms with Crippen molar-refractivity contribution in [1.29, 1.82) is 0 Å². The lowest BCUT2D eigenvalue weighted by Crippen LogP contribution is -2.26. The first kappa shape index (κ1) is 10.4. The van der Waals surface area contributed by atoms with Gasteiger partial charge in [-0.1, -0.05) is 18.5 Å². The highest BCUT2D eigenvalue weighted by molar-refractivity contribution is 6.30. The first-order valence-corrected chi connectivity index (χ1v) is 4.86. The lowest BCUT2D eigenvalue weighted by Gasteiger charge is -2.24. The van der Waals surface area contributed by atoms with Crippen LogP contribution in [0, 0.1) is 0 Å². The minimum atomic E-state index is -0.103. The largest absolute Gasteiger partial charge is 0.488 e. The van der Waals surface area contributed by atoms with Gasteiger partial charge in [-0.15, -0.1) is 0 Å². The van der Waals surface area contributed by atoms with Crippen LogP contribution in [0.3, 0.4) is 0 Å². The average Bonchev–Trinajstić information content (AvgIpc) is 2.09. The molecule has 0 atom stereocenters. The Labute approximate surface area is 84.7 Å². The molecule has 0 N–H and O–H groups in total. The van der Waals surface area contributed by atoms with Gasteiger partial charge in [-0.05, 0) is 44.5 Å². The van der Waals surface area contributed by atoms with Gasteiger partial charge in [-0.3, -0.25) is 0 Å². The van der Waals surface area contributed by atoms with Crippen LogP contribution in [-0.2, 0) is 0 Å². The van der Waals surface area contributed by atoms with E-state index in [2.05, 4.69) is 20.8 Å². The molecule has 0 amide bonds. The van der Waals surface area contributed by atoms with E-state index in [9.17, 15) is 0 Å². The third-order valence-electron chi connectivity index (χ3n) is 2.06. The molecule has 1 nitrogen and oxygen atoms in total. The van der Waals surface area contributed by atoms with Gasteiger partial charge in [0, 0.05) is 5.02 Å². The summed E-state index contributed by atoms with van der Waals surface area (Å²) in [6.45, 7) is 6.25. The van der Waals surface area contributed by atoms with Gasteiger partial charge in [-0.2, -0.15) is 0 Å². The van der Waals surface area contributed by atoms with E-state index in [0.717, 1.165) is 17.2 Å². The van der Waals surface area contributed by atoms with Crippen molar-refractivity contribution in [3.05, 3.63) is 29.3 Å². The molecule has 13 heavy (non-hydrogen) atoms. The van der Waals surface area contributed by atoms with Gasteiger partial charge in [0.1, 0.15) is 11.4 Å². The average molecular weight is 199 g/mol. The Balaban J connectivity index is 2.69. The summed E-state index contributed by atoms with van der Waals surface area (Å²) in [5.74, 6) is 0.872. The molecule has 0 aliphatic carbocycles. The van der Waals surface area contributed by atoms with E-state index in [1.54, 1.807) is 0 Å². The molecule has 1 aromatic rings. The summed E-state index contributed by atoms with van der Waals surface area (Å²) in [6, 6.07) is 7.45. The molecule has 0 saturated carbocycles. The summed E-state index contributed by atoms with van der Waals surface area (Å²) in [5.41, 5.74) is -0.103. The third kappa shape index (κ3) is 3.27. The Morgan fingerprint density at radius 1 is 1.23 bits per heavy atom. The highest BCUT2D eigenvalue weighted by Crippen LogP contribution is 2.22. The number of halogens is 1. The van der Waals surface area contributed by atoms with Crippen LogP contribution in [-0.4, -0.2) is 5.60 Å².